The summed E-state index contributed by atoms with van der Waals surface area (Å²) < 4.78 is 26.5. The van der Waals surface area contributed by atoms with Gasteiger partial charge in [0.2, 0.25) is 10.0 Å². The van der Waals surface area contributed by atoms with Crippen LogP contribution in [0.5, 0.6) is 0 Å². The molecular formula is C12H27N3O2S. The predicted molar refractivity (Wildman–Crippen MR) is 75.2 cm³/mol. The maximum Gasteiger partial charge on any atom is 0.218 e. The van der Waals surface area contributed by atoms with Gasteiger partial charge in [-0.05, 0) is 39.9 Å². The Kier molecular flexibility index (Phi) is 6.55. The lowest BCUT2D eigenvalue weighted by molar-refractivity contribution is 0.346. The summed E-state index contributed by atoms with van der Waals surface area (Å²) in [5.41, 5.74) is 0. The van der Waals surface area contributed by atoms with E-state index < -0.39 is 10.0 Å². The molecule has 1 atom stereocenters. The molecule has 18 heavy (non-hydrogen) atoms. The Hall–Kier alpha value is -0.170. The summed E-state index contributed by atoms with van der Waals surface area (Å²) in [4.78, 5) is 2.19. The van der Waals surface area contributed by atoms with Gasteiger partial charge >= 0.3 is 0 Å². The molecule has 108 valence electrons. The Morgan fingerprint density at radius 2 is 1.94 bits per heavy atom. The van der Waals surface area contributed by atoms with E-state index >= 15 is 0 Å². The van der Waals surface area contributed by atoms with Crippen LogP contribution in [0.1, 0.15) is 26.7 Å². The molecule has 6 heteroatoms. The van der Waals surface area contributed by atoms with E-state index in [0.717, 1.165) is 32.5 Å². The van der Waals surface area contributed by atoms with Crippen LogP contribution < -0.4 is 5.32 Å². The second-order valence-electron chi connectivity index (χ2n) is 5.12. The van der Waals surface area contributed by atoms with E-state index in [9.17, 15) is 8.42 Å². The number of rotatable bonds is 6. The average Bonchev–Trinajstić information content (AvgIpc) is 2.54. The van der Waals surface area contributed by atoms with Crippen LogP contribution in [0, 0.1) is 0 Å². The zero-order valence-electron chi connectivity index (χ0n) is 11.9. The first-order valence-corrected chi connectivity index (χ1v) is 8.37. The van der Waals surface area contributed by atoms with Crippen molar-refractivity contribution in [1.29, 1.82) is 0 Å². The Balaban J connectivity index is 2.55. The highest BCUT2D eigenvalue weighted by molar-refractivity contribution is 7.89. The highest BCUT2D eigenvalue weighted by Crippen LogP contribution is 2.12. The van der Waals surface area contributed by atoms with E-state index in [-0.39, 0.29) is 5.25 Å². The van der Waals surface area contributed by atoms with Crippen LogP contribution in [0.4, 0.5) is 0 Å². The fraction of sp³-hybridized carbons (Fsp3) is 1.00. The van der Waals surface area contributed by atoms with Crippen molar-refractivity contribution < 1.29 is 8.42 Å². The molecule has 1 aliphatic heterocycles. The van der Waals surface area contributed by atoms with Gasteiger partial charge in [0.1, 0.15) is 0 Å². The van der Waals surface area contributed by atoms with E-state index in [0.29, 0.717) is 19.6 Å². The summed E-state index contributed by atoms with van der Waals surface area (Å²) in [5, 5.41) is 2.85. The SMILES string of the molecule is CCCNCC(C)S(=O)(=O)N1CCCN(C)CC1. The second kappa shape index (κ2) is 7.43. The third kappa shape index (κ3) is 4.50. The molecule has 0 aromatic rings. The van der Waals surface area contributed by atoms with Crippen molar-refractivity contribution in [2.45, 2.75) is 31.9 Å². The summed E-state index contributed by atoms with van der Waals surface area (Å²) in [5.74, 6) is 0. The van der Waals surface area contributed by atoms with Crippen LogP contribution >= 0.6 is 0 Å². The molecule has 0 spiro atoms. The van der Waals surface area contributed by atoms with Crippen molar-refractivity contribution in [1.82, 2.24) is 14.5 Å². The fourth-order valence-corrected chi connectivity index (χ4v) is 3.68. The van der Waals surface area contributed by atoms with Gasteiger partial charge in [0.05, 0.1) is 5.25 Å². The monoisotopic (exact) mass is 277 g/mol. The van der Waals surface area contributed by atoms with Gasteiger partial charge in [-0.2, -0.15) is 0 Å². The van der Waals surface area contributed by atoms with Crippen molar-refractivity contribution >= 4 is 10.0 Å². The van der Waals surface area contributed by atoms with Crippen molar-refractivity contribution in [3.63, 3.8) is 0 Å². The van der Waals surface area contributed by atoms with Gasteiger partial charge in [-0.15, -0.1) is 0 Å². The molecule has 0 aromatic carbocycles. The zero-order chi connectivity index (χ0) is 13.6. The lowest BCUT2D eigenvalue weighted by Gasteiger charge is -2.24. The molecule has 1 N–H and O–H groups in total. The van der Waals surface area contributed by atoms with Gasteiger partial charge in [-0.25, -0.2) is 12.7 Å². The van der Waals surface area contributed by atoms with E-state index in [4.69, 9.17) is 0 Å². The van der Waals surface area contributed by atoms with Crippen LogP contribution in [-0.4, -0.2) is 69.2 Å². The maximum atomic E-state index is 12.4. The second-order valence-corrected chi connectivity index (χ2v) is 7.47. The van der Waals surface area contributed by atoms with Gasteiger partial charge in [0.25, 0.3) is 0 Å². The Morgan fingerprint density at radius 1 is 1.22 bits per heavy atom. The molecule has 1 fully saturated rings. The van der Waals surface area contributed by atoms with E-state index in [1.54, 1.807) is 11.2 Å². The van der Waals surface area contributed by atoms with Crippen LogP contribution in [-0.2, 0) is 10.0 Å². The predicted octanol–water partition coefficient (Wildman–Crippen LogP) is 0.342. The third-order valence-corrected chi connectivity index (χ3v) is 5.67. The van der Waals surface area contributed by atoms with Crippen molar-refractivity contribution in [3.8, 4) is 0 Å². The highest BCUT2D eigenvalue weighted by atomic mass is 32.2. The molecule has 0 radical (unpaired) electrons. The largest absolute Gasteiger partial charge is 0.315 e. The molecule has 0 bridgehead atoms. The number of likely N-dealkylation sites (N-methyl/N-ethyl adjacent to an activating group) is 1. The standard InChI is InChI=1S/C12H27N3O2S/c1-4-6-13-11-12(2)18(16,17)15-8-5-7-14(3)9-10-15/h12-13H,4-11H2,1-3H3. The highest BCUT2D eigenvalue weighted by Gasteiger charge is 2.29. The minimum absolute atomic E-state index is 0.340. The topological polar surface area (TPSA) is 52.7 Å². The van der Waals surface area contributed by atoms with Crippen molar-refractivity contribution in [2.75, 3.05) is 46.3 Å². The minimum Gasteiger partial charge on any atom is -0.315 e. The van der Waals surface area contributed by atoms with Crippen molar-refractivity contribution in [3.05, 3.63) is 0 Å². The summed E-state index contributed by atoms with van der Waals surface area (Å²) in [6.45, 7) is 8.39. The summed E-state index contributed by atoms with van der Waals surface area (Å²) in [6, 6.07) is 0. The first-order chi connectivity index (χ1) is 8.48. The van der Waals surface area contributed by atoms with Gasteiger partial charge in [0.15, 0.2) is 0 Å². The lowest BCUT2D eigenvalue weighted by atomic mass is 10.4. The first kappa shape index (κ1) is 15.9. The molecule has 1 heterocycles. The molecule has 0 saturated carbocycles. The smallest absolute Gasteiger partial charge is 0.218 e. The first-order valence-electron chi connectivity index (χ1n) is 6.86. The molecule has 1 aliphatic rings. The molecular weight excluding hydrogens is 250 g/mol. The Labute approximate surface area is 112 Å². The van der Waals surface area contributed by atoms with E-state index in [1.807, 2.05) is 7.05 Å². The summed E-state index contributed by atoms with van der Waals surface area (Å²) in [6.07, 6.45) is 1.95. The van der Waals surface area contributed by atoms with Crippen LogP contribution in [0.15, 0.2) is 0 Å². The number of hydrogen-bond acceptors (Lipinski definition) is 4. The van der Waals surface area contributed by atoms with Gasteiger partial charge in [-0.1, -0.05) is 6.92 Å². The number of sulfonamides is 1. The minimum atomic E-state index is -3.15. The molecule has 5 nitrogen and oxygen atoms in total. The molecule has 0 aromatic heterocycles. The third-order valence-electron chi connectivity index (χ3n) is 3.41. The average molecular weight is 277 g/mol. The van der Waals surface area contributed by atoms with E-state index in [2.05, 4.69) is 17.1 Å². The lowest BCUT2D eigenvalue weighted by Crippen LogP contribution is -2.43. The van der Waals surface area contributed by atoms with Crippen LogP contribution in [0.25, 0.3) is 0 Å². The number of hydrogen-bond donors (Lipinski definition) is 1. The molecule has 1 rings (SSSR count). The molecule has 0 aliphatic carbocycles. The van der Waals surface area contributed by atoms with Crippen molar-refractivity contribution in [2.24, 2.45) is 0 Å². The molecule has 0 amide bonds. The Morgan fingerprint density at radius 3 is 2.61 bits per heavy atom. The van der Waals surface area contributed by atoms with Gasteiger partial charge in [0, 0.05) is 26.2 Å². The summed E-state index contributed by atoms with van der Waals surface area (Å²) >= 11 is 0. The fourth-order valence-electron chi connectivity index (χ4n) is 2.12. The number of nitrogens with one attached hydrogen (secondary N) is 1. The number of nitrogens with zero attached hydrogens (tertiary/aromatic N) is 2. The van der Waals surface area contributed by atoms with Gasteiger partial charge in [-0.3, -0.25) is 0 Å². The molecule has 1 saturated heterocycles. The summed E-state index contributed by atoms with van der Waals surface area (Å²) in [7, 11) is -1.10. The van der Waals surface area contributed by atoms with E-state index in [1.165, 1.54) is 0 Å². The van der Waals surface area contributed by atoms with Crippen LogP contribution in [0.3, 0.4) is 0 Å². The maximum absolute atomic E-state index is 12.4. The molecule has 1 unspecified atom stereocenters. The van der Waals surface area contributed by atoms with Gasteiger partial charge < -0.3 is 10.2 Å². The quantitative estimate of drug-likeness (QED) is 0.712. The zero-order valence-corrected chi connectivity index (χ0v) is 12.7. The Bertz CT molecular complexity index is 332. The van der Waals surface area contributed by atoms with Crippen LogP contribution in [0.2, 0.25) is 0 Å². The normalized spacial score (nSPS) is 21.7.